The first-order valence-corrected chi connectivity index (χ1v) is 12.4. The van der Waals surface area contributed by atoms with Gasteiger partial charge in [0.05, 0.1) is 29.5 Å². The number of pyridine rings is 1. The molecule has 0 saturated carbocycles. The average Bonchev–Trinajstić information content (AvgIpc) is 3.34. The van der Waals surface area contributed by atoms with Crippen LogP contribution in [-0.2, 0) is 20.7 Å². The van der Waals surface area contributed by atoms with Gasteiger partial charge < -0.3 is 10.1 Å². The second-order valence-corrected chi connectivity index (χ2v) is 10.0. The molecule has 3 aromatic heterocycles. The van der Waals surface area contributed by atoms with Crippen LogP contribution in [-0.4, -0.2) is 43.3 Å². The van der Waals surface area contributed by atoms with Gasteiger partial charge in [0.1, 0.15) is 0 Å². The lowest BCUT2D eigenvalue weighted by Gasteiger charge is -2.13. The van der Waals surface area contributed by atoms with Crippen LogP contribution in [0.3, 0.4) is 0 Å². The molecule has 0 saturated heterocycles. The molecule has 4 aromatic rings. The third-order valence-electron chi connectivity index (χ3n) is 5.16. The molecule has 0 aliphatic heterocycles. The SMILES string of the molecule is CCOC(=O)Cc1csc(NC(=O)C(C)Sc2nnc3cc(C)c4cc(C)cc(C)c4n23)n1. The van der Waals surface area contributed by atoms with Crippen molar-refractivity contribution < 1.29 is 14.3 Å². The molecule has 33 heavy (non-hydrogen) atoms. The number of anilines is 1. The summed E-state index contributed by atoms with van der Waals surface area (Å²) in [5, 5.41) is 15.1. The number of nitrogens with zero attached hydrogens (tertiary/aromatic N) is 4. The number of esters is 1. The fraction of sp³-hybridized carbons (Fsp3) is 0.348. The van der Waals surface area contributed by atoms with Crippen molar-refractivity contribution in [1.82, 2.24) is 19.6 Å². The zero-order chi connectivity index (χ0) is 23.7. The standard InChI is InChI=1S/C23H25N5O3S2/c1-6-31-19(29)10-16-11-32-22(24-16)25-21(30)15(5)33-23-27-26-18-9-13(3)17-8-12(2)7-14(4)20(17)28(18)23/h7-9,11,15H,6,10H2,1-5H3,(H,24,25,30). The van der Waals surface area contributed by atoms with E-state index in [1.165, 1.54) is 28.7 Å². The van der Waals surface area contributed by atoms with Crippen LogP contribution in [0.1, 0.15) is 36.2 Å². The lowest BCUT2D eigenvalue weighted by molar-refractivity contribution is -0.142. The number of thioether (sulfide) groups is 1. The van der Waals surface area contributed by atoms with Crippen LogP contribution < -0.4 is 5.32 Å². The predicted octanol–water partition coefficient (Wildman–Crippen LogP) is 4.49. The van der Waals surface area contributed by atoms with Gasteiger partial charge in [-0.25, -0.2) is 4.98 Å². The Morgan fingerprint density at radius 1 is 1.18 bits per heavy atom. The number of hydrogen-bond acceptors (Lipinski definition) is 8. The van der Waals surface area contributed by atoms with E-state index in [0.29, 0.717) is 22.6 Å². The summed E-state index contributed by atoms with van der Waals surface area (Å²) in [5.74, 6) is -0.533. The molecule has 8 nitrogen and oxygen atoms in total. The molecular weight excluding hydrogens is 458 g/mol. The van der Waals surface area contributed by atoms with Crippen molar-refractivity contribution in [2.45, 2.75) is 51.4 Å². The molecule has 10 heteroatoms. The zero-order valence-corrected chi connectivity index (χ0v) is 20.8. The first-order valence-electron chi connectivity index (χ1n) is 10.6. The van der Waals surface area contributed by atoms with Gasteiger partial charge >= 0.3 is 5.97 Å². The van der Waals surface area contributed by atoms with E-state index in [0.717, 1.165) is 27.7 Å². The summed E-state index contributed by atoms with van der Waals surface area (Å²) in [5.41, 5.74) is 5.86. The molecule has 0 aliphatic carbocycles. The Morgan fingerprint density at radius 2 is 1.97 bits per heavy atom. The smallest absolute Gasteiger partial charge is 0.311 e. The van der Waals surface area contributed by atoms with Crippen molar-refractivity contribution in [2.75, 3.05) is 11.9 Å². The number of carbonyl (C=O) groups is 2. The maximum absolute atomic E-state index is 12.8. The van der Waals surface area contributed by atoms with Gasteiger partial charge in [-0.1, -0.05) is 23.4 Å². The number of aryl methyl sites for hydroxylation is 3. The monoisotopic (exact) mass is 483 g/mol. The number of rotatable bonds is 7. The van der Waals surface area contributed by atoms with Crippen LogP contribution in [0.25, 0.3) is 16.6 Å². The Morgan fingerprint density at radius 3 is 2.73 bits per heavy atom. The maximum Gasteiger partial charge on any atom is 0.311 e. The van der Waals surface area contributed by atoms with E-state index in [1.54, 1.807) is 12.3 Å². The highest BCUT2D eigenvalue weighted by Crippen LogP contribution is 2.31. The van der Waals surface area contributed by atoms with E-state index < -0.39 is 5.25 Å². The molecule has 0 bridgehead atoms. The fourth-order valence-corrected chi connectivity index (χ4v) is 5.29. The van der Waals surface area contributed by atoms with Crippen molar-refractivity contribution in [3.63, 3.8) is 0 Å². The van der Waals surface area contributed by atoms with E-state index in [-0.39, 0.29) is 18.3 Å². The Balaban J connectivity index is 1.54. The highest BCUT2D eigenvalue weighted by molar-refractivity contribution is 8.00. The van der Waals surface area contributed by atoms with Gasteiger partial charge in [-0.2, -0.15) is 0 Å². The summed E-state index contributed by atoms with van der Waals surface area (Å²) in [6, 6.07) is 6.32. The van der Waals surface area contributed by atoms with E-state index in [4.69, 9.17) is 4.74 Å². The minimum atomic E-state index is -0.433. The minimum absolute atomic E-state index is 0.0849. The van der Waals surface area contributed by atoms with Crippen molar-refractivity contribution in [1.29, 1.82) is 0 Å². The Hall–Kier alpha value is -2.98. The largest absolute Gasteiger partial charge is 0.466 e. The van der Waals surface area contributed by atoms with Crippen molar-refractivity contribution in [3.05, 3.63) is 46.0 Å². The van der Waals surface area contributed by atoms with Crippen molar-refractivity contribution in [2.24, 2.45) is 0 Å². The predicted molar refractivity (Wildman–Crippen MR) is 131 cm³/mol. The lowest BCUT2D eigenvalue weighted by Crippen LogP contribution is -2.22. The summed E-state index contributed by atoms with van der Waals surface area (Å²) in [6.45, 7) is 10.1. The van der Waals surface area contributed by atoms with Crippen LogP contribution in [0.2, 0.25) is 0 Å². The molecule has 1 aromatic carbocycles. The first-order chi connectivity index (χ1) is 15.8. The van der Waals surface area contributed by atoms with Gasteiger partial charge in [0, 0.05) is 10.8 Å². The molecule has 0 aliphatic rings. The van der Waals surface area contributed by atoms with Crippen LogP contribution in [0.4, 0.5) is 5.13 Å². The van der Waals surface area contributed by atoms with Crippen LogP contribution in [0.5, 0.6) is 0 Å². The number of thiazole rings is 1. The summed E-state index contributed by atoms with van der Waals surface area (Å²) >= 11 is 2.62. The Bertz CT molecular complexity index is 1360. The molecule has 1 atom stereocenters. The first kappa shape index (κ1) is 23.2. The highest BCUT2D eigenvalue weighted by Gasteiger charge is 2.21. The zero-order valence-electron chi connectivity index (χ0n) is 19.1. The van der Waals surface area contributed by atoms with Crippen LogP contribution >= 0.6 is 23.1 Å². The molecule has 0 fully saturated rings. The lowest BCUT2D eigenvalue weighted by atomic mass is 10.0. The second-order valence-electron chi connectivity index (χ2n) is 7.86. The molecule has 172 valence electrons. The van der Waals surface area contributed by atoms with Gasteiger partial charge in [-0.05, 0) is 57.9 Å². The summed E-state index contributed by atoms with van der Waals surface area (Å²) in [7, 11) is 0. The number of carbonyl (C=O) groups excluding carboxylic acids is 2. The van der Waals surface area contributed by atoms with Crippen molar-refractivity contribution >= 4 is 56.7 Å². The van der Waals surface area contributed by atoms with Crippen LogP contribution in [0, 0.1) is 20.8 Å². The quantitative estimate of drug-likeness (QED) is 0.305. The number of nitrogens with one attached hydrogen (secondary N) is 1. The maximum atomic E-state index is 12.8. The Labute approximate surface area is 199 Å². The molecule has 1 N–H and O–H groups in total. The number of ether oxygens (including phenoxy) is 1. The normalized spacial score (nSPS) is 12.3. The number of benzene rings is 1. The Kier molecular flexibility index (Phi) is 6.66. The number of fused-ring (bicyclic) bond motifs is 3. The van der Waals surface area contributed by atoms with E-state index in [9.17, 15) is 9.59 Å². The van der Waals surface area contributed by atoms with Crippen LogP contribution in [0.15, 0.2) is 28.7 Å². The van der Waals surface area contributed by atoms with E-state index in [2.05, 4.69) is 53.4 Å². The van der Waals surface area contributed by atoms with Gasteiger partial charge in [-0.15, -0.1) is 21.5 Å². The average molecular weight is 484 g/mol. The van der Waals surface area contributed by atoms with Gasteiger partial charge in [0.25, 0.3) is 0 Å². The van der Waals surface area contributed by atoms with E-state index in [1.807, 2.05) is 17.4 Å². The molecule has 1 unspecified atom stereocenters. The number of amides is 1. The summed E-state index contributed by atoms with van der Waals surface area (Å²) < 4.78 is 6.96. The topological polar surface area (TPSA) is 98.5 Å². The third-order valence-corrected chi connectivity index (χ3v) is 7.01. The number of hydrogen-bond donors (Lipinski definition) is 1. The van der Waals surface area contributed by atoms with Crippen molar-refractivity contribution in [3.8, 4) is 0 Å². The molecule has 4 rings (SSSR count). The van der Waals surface area contributed by atoms with Gasteiger partial charge in [0.2, 0.25) is 5.91 Å². The molecule has 0 spiro atoms. The molecule has 1 amide bonds. The van der Waals surface area contributed by atoms with Gasteiger partial charge in [0.15, 0.2) is 15.9 Å². The molecule has 0 radical (unpaired) electrons. The second kappa shape index (κ2) is 9.48. The van der Waals surface area contributed by atoms with Gasteiger partial charge in [-0.3, -0.25) is 14.0 Å². The molecular formula is C23H25N5O3S2. The minimum Gasteiger partial charge on any atom is -0.466 e. The fourth-order valence-electron chi connectivity index (χ4n) is 3.71. The number of aromatic nitrogens is 4. The summed E-state index contributed by atoms with van der Waals surface area (Å²) in [4.78, 5) is 28.8. The highest BCUT2D eigenvalue weighted by atomic mass is 32.2. The summed E-state index contributed by atoms with van der Waals surface area (Å²) in [6.07, 6.45) is 0.0849. The molecule has 3 heterocycles. The third kappa shape index (κ3) is 4.86. The van der Waals surface area contributed by atoms with E-state index >= 15 is 0 Å².